The van der Waals surface area contributed by atoms with Crippen molar-refractivity contribution in [1.82, 2.24) is 10.6 Å². The number of aryl methyl sites for hydroxylation is 1. The van der Waals surface area contributed by atoms with Gasteiger partial charge in [0.05, 0.1) is 0 Å². The molecule has 1 rings (SSSR count). The second-order valence-electron chi connectivity index (χ2n) is 5.05. The lowest BCUT2D eigenvalue weighted by Gasteiger charge is -2.14. The third-order valence-corrected chi connectivity index (χ3v) is 3.15. The highest BCUT2D eigenvalue weighted by molar-refractivity contribution is 5.74. The molecule has 2 amide bonds. The van der Waals surface area contributed by atoms with E-state index in [9.17, 15) is 14.0 Å². The van der Waals surface area contributed by atoms with Crippen LogP contribution in [-0.2, 0) is 11.2 Å². The van der Waals surface area contributed by atoms with Gasteiger partial charge in [-0.1, -0.05) is 6.07 Å². The number of carbonyl (C=O) groups excluding carboxylic acids is 1. The van der Waals surface area contributed by atoms with Gasteiger partial charge in [0.15, 0.2) is 0 Å². The highest BCUT2D eigenvalue weighted by Crippen LogP contribution is 2.10. The number of carboxylic acids is 1. The van der Waals surface area contributed by atoms with Gasteiger partial charge < -0.3 is 15.7 Å². The molecule has 1 atom stereocenters. The van der Waals surface area contributed by atoms with Crippen LogP contribution in [0.4, 0.5) is 9.18 Å². The first kappa shape index (κ1) is 16.9. The molecule has 21 heavy (non-hydrogen) atoms. The monoisotopic (exact) mass is 296 g/mol. The fourth-order valence-electron chi connectivity index (χ4n) is 1.94. The number of carbonyl (C=O) groups is 2. The minimum absolute atomic E-state index is 0.0240. The van der Waals surface area contributed by atoms with Gasteiger partial charge in [0, 0.05) is 19.0 Å². The van der Waals surface area contributed by atoms with Crippen LogP contribution < -0.4 is 10.6 Å². The van der Waals surface area contributed by atoms with Crippen LogP contribution in [0.15, 0.2) is 18.2 Å². The zero-order valence-corrected chi connectivity index (χ0v) is 12.3. The number of nitrogens with one attached hydrogen (secondary N) is 2. The van der Waals surface area contributed by atoms with E-state index in [4.69, 9.17) is 5.11 Å². The third kappa shape index (κ3) is 6.74. The Bertz CT molecular complexity index is 506. The molecule has 0 spiro atoms. The van der Waals surface area contributed by atoms with Gasteiger partial charge in [-0.15, -0.1) is 0 Å². The van der Waals surface area contributed by atoms with E-state index >= 15 is 0 Å². The van der Waals surface area contributed by atoms with Crippen LogP contribution in [0, 0.1) is 12.7 Å². The fraction of sp³-hybridized carbons (Fsp3) is 0.467. The van der Waals surface area contributed by atoms with E-state index < -0.39 is 5.97 Å². The van der Waals surface area contributed by atoms with Crippen LogP contribution in [0.1, 0.15) is 30.9 Å². The van der Waals surface area contributed by atoms with E-state index in [1.165, 1.54) is 12.1 Å². The van der Waals surface area contributed by atoms with Crippen molar-refractivity contribution in [3.05, 3.63) is 35.1 Å². The van der Waals surface area contributed by atoms with Crippen LogP contribution in [-0.4, -0.2) is 29.7 Å². The number of hydrogen-bond donors (Lipinski definition) is 3. The van der Waals surface area contributed by atoms with Gasteiger partial charge in [0.25, 0.3) is 0 Å². The molecule has 3 N–H and O–H groups in total. The standard InChI is InChI=1S/C15H21FN2O3/c1-10-9-13(16)5-4-12(10)7-8-17-15(21)18-11(2)3-6-14(19)20/h4-5,9,11H,3,6-8H2,1-2H3,(H,19,20)(H2,17,18,21). The second kappa shape index (κ2) is 8.24. The topological polar surface area (TPSA) is 78.4 Å². The fourth-order valence-corrected chi connectivity index (χ4v) is 1.94. The summed E-state index contributed by atoms with van der Waals surface area (Å²) in [6.45, 7) is 4.02. The summed E-state index contributed by atoms with van der Waals surface area (Å²) in [7, 11) is 0. The predicted octanol–water partition coefficient (Wildman–Crippen LogP) is 2.23. The molecule has 0 aromatic heterocycles. The number of amides is 2. The summed E-state index contributed by atoms with van der Waals surface area (Å²) in [5, 5.41) is 13.9. The highest BCUT2D eigenvalue weighted by Gasteiger charge is 2.09. The normalized spacial score (nSPS) is 11.8. The molecule has 0 heterocycles. The molecule has 0 radical (unpaired) electrons. The SMILES string of the molecule is Cc1cc(F)ccc1CCNC(=O)NC(C)CCC(=O)O. The zero-order chi connectivity index (χ0) is 15.8. The van der Waals surface area contributed by atoms with Crippen molar-refractivity contribution >= 4 is 12.0 Å². The Labute approximate surface area is 123 Å². The van der Waals surface area contributed by atoms with Crippen molar-refractivity contribution in [2.45, 2.75) is 39.2 Å². The molecule has 6 heteroatoms. The van der Waals surface area contributed by atoms with Gasteiger partial charge in [-0.05, 0) is 49.9 Å². The Morgan fingerprint density at radius 3 is 2.71 bits per heavy atom. The number of rotatable bonds is 7. The van der Waals surface area contributed by atoms with Crippen LogP contribution in [0.3, 0.4) is 0 Å². The molecule has 0 saturated heterocycles. The van der Waals surface area contributed by atoms with Crippen molar-refractivity contribution < 1.29 is 19.1 Å². The summed E-state index contributed by atoms with van der Waals surface area (Å²) < 4.78 is 12.9. The number of aliphatic carboxylic acids is 1. The summed E-state index contributed by atoms with van der Waals surface area (Å²) in [6.07, 6.45) is 1.03. The van der Waals surface area contributed by atoms with Crippen LogP contribution >= 0.6 is 0 Å². The van der Waals surface area contributed by atoms with E-state index in [0.29, 0.717) is 19.4 Å². The average Bonchev–Trinajstić information content (AvgIpc) is 2.39. The Morgan fingerprint density at radius 1 is 1.38 bits per heavy atom. The number of halogens is 1. The van der Waals surface area contributed by atoms with Gasteiger partial charge in [-0.3, -0.25) is 4.79 Å². The van der Waals surface area contributed by atoms with Crippen LogP contribution in [0.2, 0.25) is 0 Å². The molecule has 0 aliphatic rings. The van der Waals surface area contributed by atoms with Crippen molar-refractivity contribution in [1.29, 1.82) is 0 Å². The maximum absolute atomic E-state index is 12.9. The lowest BCUT2D eigenvalue weighted by molar-refractivity contribution is -0.137. The first-order valence-electron chi connectivity index (χ1n) is 6.89. The van der Waals surface area contributed by atoms with Gasteiger partial charge >= 0.3 is 12.0 Å². The molecule has 5 nitrogen and oxygen atoms in total. The Kier molecular flexibility index (Phi) is 6.65. The Balaban J connectivity index is 2.28. The quantitative estimate of drug-likeness (QED) is 0.722. The second-order valence-corrected chi connectivity index (χ2v) is 5.05. The molecule has 116 valence electrons. The smallest absolute Gasteiger partial charge is 0.315 e. The van der Waals surface area contributed by atoms with Crippen molar-refractivity contribution in [2.24, 2.45) is 0 Å². The maximum atomic E-state index is 12.9. The molecule has 0 aliphatic carbocycles. The van der Waals surface area contributed by atoms with E-state index in [1.54, 1.807) is 13.0 Å². The molecule has 0 saturated carbocycles. The van der Waals surface area contributed by atoms with Crippen molar-refractivity contribution in [3.63, 3.8) is 0 Å². The molecule has 1 aromatic carbocycles. The summed E-state index contributed by atoms with van der Waals surface area (Å²) in [5.74, 6) is -1.15. The van der Waals surface area contributed by atoms with Crippen LogP contribution in [0.25, 0.3) is 0 Å². The van der Waals surface area contributed by atoms with Crippen molar-refractivity contribution in [2.75, 3.05) is 6.54 Å². The molecule has 0 fully saturated rings. The number of benzene rings is 1. The third-order valence-electron chi connectivity index (χ3n) is 3.15. The molecule has 1 unspecified atom stereocenters. The lowest BCUT2D eigenvalue weighted by Crippen LogP contribution is -2.41. The lowest BCUT2D eigenvalue weighted by atomic mass is 10.1. The van der Waals surface area contributed by atoms with Gasteiger partial charge in [-0.2, -0.15) is 0 Å². The maximum Gasteiger partial charge on any atom is 0.315 e. The Morgan fingerprint density at radius 2 is 2.10 bits per heavy atom. The molecular formula is C15H21FN2O3. The molecular weight excluding hydrogens is 275 g/mol. The minimum Gasteiger partial charge on any atom is -0.481 e. The number of carboxylic acid groups (broad SMARTS) is 1. The minimum atomic E-state index is -0.879. The molecule has 0 aliphatic heterocycles. The molecule has 0 bridgehead atoms. The average molecular weight is 296 g/mol. The van der Waals surface area contributed by atoms with Crippen molar-refractivity contribution in [3.8, 4) is 0 Å². The number of urea groups is 1. The van der Waals surface area contributed by atoms with E-state index in [1.807, 2.05) is 6.92 Å². The van der Waals surface area contributed by atoms with E-state index in [-0.39, 0.29) is 24.3 Å². The van der Waals surface area contributed by atoms with E-state index in [0.717, 1.165) is 11.1 Å². The van der Waals surface area contributed by atoms with Crippen LogP contribution in [0.5, 0.6) is 0 Å². The summed E-state index contributed by atoms with van der Waals surface area (Å²) in [4.78, 5) is 22.0. The Hall–Kier alpha value is -2.11. The van der Waals surface area contributed by atoms with Gasteiger partial charge in [0.2, 0.25) is 0 Å². The van der Waals surface area contributed by atoms with Gasteiger partial charge in [0.1, 0.15) is 5.82 Å². The predicted molar refractivity (Wildman–Crippen MR) is 77.7 cm³/mol. The zero-order valence-electron chi connectivity index (χ0n) is 12.3. The summed E-state index contributed by atoms with van der Waals surface area (Å²) in [5.41, 5.74) is 1.84. The first-order chi connectivity index (χ1) is 9.88. The molecule has 1 aromatic rings. The first-order valence-corrected chi connectivity index (χ1v) is 6.89. The van der Waals surface area contributed by atoms with Gasteiger partial charge in [-0.25, -0.2) is 9.18 Å². The van der Waals surface area contributed by atoms with E-state index in [2.05, 4.69) is 10.6 Å². The largest absolute Gasteiger partial charge is 0.481 e. The number of hydrogen-bond acceptors (Lipinski definition) is 2. The summed E-state index contributed by atoms with van der Waals surface area (Å²) in [6, 6.07) is 4.04. The highest BCUT2D eigenvalue weighted by atomic mass is 19.1. The summed E-state index contributed by atoms with van der Waals surface area (Å²) >= 11 is 0.